The number of nitrogens with one attached hydrogen (secondary N) is 2. The summed E-state index contributed by atoms with van der Waals surface area (Å²) in [6.45, 7) is 3.16. The minimum atomic E-state index is -3.44. The van der Waals surface area contributed by atoms with Crippen molar-refractivity contribution in [2.75, 3.05) is 18.8 Å². The standard InChI is InChI=1S/C12H18F2N2O2S/c1-2-15-6-3-7-19(17,18)16-9-10-4-5-11(13)8-12(10)14/h4-5,8,15-16H,2-3,6-7,9H2,1H3. The van der Waals surface area contributed by atoms with Gasteiger partial charge in [0.05, 0.1) is 5.75 Å². The highest BCUT2D eigenvalue weighted by molar-refractivity contribution is 7.89. The molecule has 19 heavy (non-hydrogen) atoms. The molecule has 0 fully saturated rings. The van der Waals surface area contributed by atoms with E-state index in [4.69, 9.17) is 0 Å². The molecule has 1 rings (SSSR count). The first-order chi connectivity index (χ1) is 8.94. The van der Waals surface area contributed by atoms with Gasteiger partial charge in [-0.25, -0.2) is 21.9 Å². The summed E-state index contributed by atoms with van der Waals surface area (Å²) in [6.07, 6.45) is 0.481. The van der Waals surface area contributed by atoms with Crippen LogP contribution in [0.5, 0.6) is 0 Å². The van der Waals surface area contributed by atoms with Gasteiger partial charge in [-0.2, -0.15) is 0 Å². The van der Waals surface area contributed by atoms with Crippen LogP contribution in [0.4, 0.5) is 8.78 Å². The lowest BCUT2D eigenvalue weighted by molar-refractivity contribution is 0.560. The maximum atomic E-state index is 13.3. The average molecular weight is 292 g/mol. The predicted molar refractivity (Wildman–Crippen MR) is 70.1 cm³/mol. The lowest BCUT2D eigenvalue weighted by Crippen LogP contribution is -2.28. The quantitative estimate of drug-likeness (QED) is 0.712. The highest BCUT2D eigenvalue weighted by Crippen LogP contribution is 2.09. The first-order valence-corrected chi connectivity index (χ1v) is 7.72. The minimum Gasteiger partial charge on any atom is -0.317 e. The van der Waals surface area contributed by atoms with Gasteiger partial charge in [0.1, 0.15) is 11.6 Å². The van der Waals surface area contributed by atoms with Crippen molar-refractivity contribution < 1.29 is 17.2 Å². The van der Waals surface area contributed by atoms with E-state index in [2.05, 4.69) is 10.0 Å². The molecular weight excluding hydrogens is 274 g/mol. The molecule has 0 radical (unpaired) electrons. The van der Waals surface area contributed by atoms with Crippen LogP contribution >= 0.6 is 0 Å². The van der Waals surface area contributed by atoms with E-state index in [1.54, 1.807) is 0 Å². The van der Waals surface area contributed by atoms with Crippen LogP contribution in [0.1, 0.15) is 18.9 Å². The van der Waals surface area contributed by atoms with Gasteiger partial charge < -0.3 is 5.32 Å². The summed E-state index contributed by atoms with van der Waals surface area (Å²) in [5.41, 5.74) is 0.122. The van der Waals surface area contributed by atoms with Crippen molar-refractivity contribution in [2.45, 2.75) is 19.9 Å². The molecule has 0 heterocycles. The SMILES string of the molecule is CCNCCCS(=O)(=O)NCc1ccc(F)cc1F. The van der Waals surface area contributed by atoms with E-state index in [1.807, 2.05) is 6.92 Å². The highest BCUT2D eigenvalue weighted by atomic mass is 32.2. The minimum absolute atomic E-state index is 0.0250. The number of halogens is 2. The molecule has 0 aliphatic heterocycles. The molecule has 0 spiro atoms. The fourth-order valence-corrected chi connectivity index (χ4v) is 2.53. The van der Waals surface area contributed by atoms with Crippen LogP contribution in [-0.2, 0) is 16.6 Å². The van der Waals surface area contributed by atoms with Crippen LogP contribution in [0.25, 0.3) is 0 Å². The molecule has 0 saturated carbocycles. The second-order valence-corrected chi connectivity index (χ2v) is 6.01. The first-order valence-electron chi connectivity index (χ1n) is 6.06. The zero-order chi connectivity index (χ0) is 14.3. The van der Waals surface area contributed by atoms with Gasteiger partial charge >= 0.3 is 0 Å². The Labute approximate surface area is 112 Å². The fourth-order valence-electron chi connectivity index (χ4n) is 1.49. The second-order valence-electron chi connectivity index (χ2n) is 4.08. The summed E-state index contributed by atoms with van der Waals surface area (Å²) in [5.74, 6) is -1.46. The molecule has 0 saturated heterocycles. The molecule has 0 aromatic heterocycles. The topological polar surface area (TPSA) is 58.2 Å². The summed E-state index contributed by atoms with van der Waals surface area (Å²) >= 11 is 0. The van der Waals surface area contributed by atoms with Gasteiger partial charge in [-0.1, -0.05) is 13.0 Å². The van der Waals surface area contributed by atoms with Crippen molar-refractivity contribution in [1.82, 2.24) is 10.0 Å². The molecule has 7 heteroatoms. The maximum Gasteiger partial charge on any atom is 0.211 e. The summed E-state index contributed by atoms with van der Waals surface area (Å²) in [5, 5.41) is 3.02. The molecule has 0 atom stereocenters. The Morgan fingerprint density at radius 1 is 1.26 bits per heavy atom. The number of benzene rings is 1. The van der Waals surface area contributed by atoms with Crippen LogP contribution in [0.15, 0.2) is 18.2 Å². The van der Waals surface area contributed by atoms with E-state index in [-0.39, 0.29) is 17.9 Å². The van der Waals surface area contributed by atoms with Gasteiger partial charge in [-0.3, -0.25) is 0 Å². The van der Waals surface area contributed by atoms with E-state index in [1.165, 1.54) is 6.07 Å². The van der Waals surface area contributed by atoms with Gasteiger partial charge in [0.15, 0.2) is 0 Å². The third-order valence-corrected chi connectivity index (χ3v) is 3.92. The molecule has 4 nitrogen and oxygen atoms in total. The van der Waals surface area contributed by atoms with Crippen molar-refractivity contribution in [1.29, 1.82) is 0 Å². The maximum absolute atomic E-state index is 13.3. The molecule has 0 aliphatic carbocycles. The van der Waals surface area contributed by atoms with Crippen molar-refractivity contribution >= 4 is 10.0 Å². The number of hydrogen-bond donors (Lipinski definition) is 2. The molecule has 1 aromatic carbocycles. The Kier molecular flexibility index (Phi) is 6.33. The zero-order valence-electron chi connectivity index (χ0n) is 10.7. The van der Waals surface area contributed by atoms with Crippen LogP contribution in [0.2, 0.25) is 0 Å². The Hall–Kier alpha value is -1.05. The third kappa shape index (κ3) is 6.09. The molecule has 0 bridgehead atoms. The summed E-state index contributed by atoms with van der Waals surface area (Å²) in [7, 11) is -3.44. The van der Waals surface area contributed by atoms with Crippen molar-refractivity contribution in [3.05, 3.63) is 35.4 Å². The number of rotatable bonds is 8. The highest BCUT2D eigenvalue weighted by Gasteiger charge is 2.11. The summed E-state index contributed by atoms with van der Waals surface area (Å²) in [4.78, 5) is 0. The lowest BCUT2D eigenvalue weighted by atomic mass is 10.2. The lowest BCUT2D eigenvalue weighted by Gasteiger charge is -2.08. The number of hydrogen-bond acceptors (Lipinski definition) is 3. The second kappa shape index (κ2) is 7.52. The van der Waals surface area contributed by atoms with Gasteiger partial charge in [0.2, 0.25) is 10.0 Å². The molecular formula is C12H18F2N2O2S. The monoisotopic (exact) mass is 292 g/mol. The Morgan fingerprint density at radius 2 is 2.00 bits per heavy atom. The average Bonchev–Trinajstić information content (AvgIpc) is 2.34. The smallest absolute Gasteiger partial charge is 0.211 e. The van der Waals surface area contributed by atoms with Gasteiger partial charge in [0, 0.05) is 18.2 Å². The largest absolute Gasteiger partial charge is 0.317 e. The Balaban J connectivity index is 2.46. The molecule has 0 amide bonds. The Morgan fingerprint density at radius 3 is 2.63 bits per heavy atom. The van der Waals surface area contributed by atoms with Crippen LogP contribution < -0.4 is 10.0 Å². The zero-order valence-corrected chi connectivity index (χ0v) is 11.6. The van der Waals surface area contributed by atoms with Gasteiger partial charge in [-0.05, 0) is 25.6 Å². The Bertz CT molecular complexity index is 506. The van der Waals surface area contributed by atoms with Crippen molar-refractivity contribution in [3.8, 4) is 0 Å². The molecule has 2 N–H and O–H groups in total. The predicted octanol–water partition coefficient (Wildman–Crippen LogP) is 1.38. The molecule has 108 valence electrons. The third-order valence-electron chi connectivity index (χ3n) is 2.51. The van der Waals surface area contributed by atoms with E-state index in [0.717, 1.165) is 18.7 Å². The molecule has 0 unspecified atom stereocenters. The molecule has 0 aliphatic rings. The van der Waals surface area contributed by atoms with Crippen LogP contribution in [-0.4, -0.2) is 27.3 Å². The van der Waals surface area contributed by atoms with E-state index in [0.29, 0.717) is 13.0 Å². The van der Waals surface area contributed by atoms with E-state index >= 15 is 0 Å². The number of sulfonamides is 1. The van der Waals surface area contributed by atoms with Crippen LogP contribution in [0.3, 0.4) is 0 Å². The first kappa shape index (κ1) is 16.0. The van der Waals surface area contributed by atoms with Crippen LogP contribution in [0, 0.1) is 11.6 Å². The van der Waals surface area contributed by atoms with Gasteiger partial charge in [0.25, 0.3) is 0 Å². The summed E-state index contributed by atoms with van der Waals surface area (Å²) in [6, 6.07) is 3.05. The van der Waals surface area contributed by atoms with E-state index < -0.39 is 21.7 Å². The van der Waals surface area contributed by atoms with Gasteiger partial charge in [-0.15, -0.1) is 0 Å². The van der Waals surface area contributed by atoms with Crippen molar-refractivity contribution in [2.24, 2.45) is 0 Å². The molecule has 1 aromatic rings. The van der Waals surface area contributed by atoms with E-state index in [9.17, 15) is 17.2 Å². The summed E-state index contributed by atoms with van der Waals surface area (Å²) < 4.78 is 51.5. The normalized spacial score (nSPS) is 11.7. The fraction of sp³-hybridized carbons (Fsp3) is 0.500. The van der Waals surface area contributed by atoms with Crippen molar-refractivity contribution in [3.63, 3.8) is 0 Å².